The van der Waals surface area contributed by atoms with Crippen LogP contribution in [0.4, 0.5) is 13.2 Å². The van der Waals surface area contributed by atoms with Gasteiger partial charge in [-0.25, -0.2) is 9.97 Å². The highest BCUT2D eigenvalue weighted by Crippen LogP contribution is 2.29. The number of nitrogens with zero attached hydrogens (tertiary/aromatic N) is 4. The first-order valence-corrected chi connectivity index (χ1v) is 5.50. The van der Waals surface area contributed by atoms with E-state index in [1.54, 1.807) is 6.26 Å². The number of thioether (sulfide) groups is 1. The molecule has 0 atom stereocenters. The Morgan fingerprint density at radius 2 is 1.88 bits per heavy atom. The molecule has 90 valence electrons. The second kappa shape index (κ2) is 4.32. The zero-order chi connectivity index (χ0) is 12.5. The fourth-order valence-corrected chi connectivity index (χ4v) is 1.31. The monoisotopic (exact) mass is 262 g/mol. The lowest BCUT2D eigenvalue weighted by Crippen LogP contribution is -2.04. The molecule has 0 aromatic carbocycles. The van der Waals surface area contributed by atoms with Crippen LogP contribution < -0.4 is 0 Å². The van der Waals surface area contributed by atoms with Crippen LogP contribution in [-0.2, 0) is 6.18 Å². The topological polar surface area (TPSA) is 64.7 Å². The largest absolute Gasteiger partial charge is 0.471 e. The van der Waals surface area contributed by atoms with Crippen molar-refractivity contribution in [2.75, 3.05) is 6.26 Å². The van der Waals surface area contributed by atoms with Gasteiger partial charge in [0.2, 0.25) is 5.82 Å². The van der Waals surface area contributed by atoms with E-state index < -0.39 is 12.1 Å². The van der Waals surface area contributed by atoms with Crippen molar-refractivity contribution < 1.29 is 17.7 Å². The first-order chi connectivity index (χ1) is 8.00. The van der Waals surface area contributed by atoms with Crippen molar-refractivity contribution in [1.29, 1.82) is 0 Å². The van der Waals surface area contributed by atoms with E-state index >= 15 is 0 Å². The minimum Gasteiger partial charge on any atom is -0.329 e. The van der Waals surface area contributed by atoms with Crippen LogP contribution in [0, 0.1) is 0 Å². The van der Waals surface area contributed by atoms with E-state index in [0.29, 0.717) is 5.16 Å². The first-order valence-electron chi connectivity index (χ1n) is 4.28. The second-order valence-electron chi connectivity index (χ2n) is 2.88. The minimum absolute atomic E-state index is 0.190. The number of rotatable bonds is 2. The van der Waals surface area contributed by atoms with Crippen LogP contribution in [0.5, 0.6) is 0 Å². The molecule has 0 aliphatic heterocycles. The summed E-state index contributed by atoms with van der Waals surface area (Å²) in [7, 11) is 0. The SMILES string of the molecule is CSc1ncc(-c2noc(C(F)(F)F)n2)cn1. The lowest BCUT2D eigenvalue weighted by atomic mass is 10.3. The van der Waals surface area contributed by atoms with Gasteiger partial charge in [-0.05, 0) is 6.26 Å². The maximum absolute atomic E-state index is 12.2. The van der Waals surface area contributed by atoms with Crippen molar-refractivity contribution in [3.63, 3.8) is 0 Å². The summed E-state index contributed by atoms with van der Waals surface area (Å²) >= 11 is 1.32. The highest BCUT2D eigenvalue weighted by atomic mass is 32.2. The van der Waals surface area contributed by atoms with Crippen LogP contribution in [0.25, 0.3) is 11.4 Å². The maximum Gasteiger partial charge on any atom is 0.471 e. The smallest absolute Gasteiger partial charge is 0.329 e. The van der Waals surface area contributed by atoms with Crippen LogP contribution in [0.3, 0.4) is 0 Å². The molecule has 0 aliphatic carbocycles. The van der Waals surface area contributed by atoms with Gasteiger partial charge in [0, 0.05) is 12.4 Å². The van der Waals surface area contributed by atoms with Crippen molar-refractivity contribution in [2.24, 2.45) is 0 Å². The molecule has 0 N–H and O–H groups in total. The summed E-state index contributed by atoms with van der Waals surface area (Å²) in [5.74, 6) is -1.58. The third-order valence-corrected chi connectivity index (χ3v) is 2.31. The van der Waals surface area contributed by atoms with Gasteiger partial charge in [-0.15, -0.1) is 0 Å². The molecule has 0 fully saturated rings. The van der Waals surface area contributed by atoms with Crippen molar-refractivity contribution in [3.8, 4) is 11.4 Å². The summed E-state index contributed by atoms with van der Waals surface area (Å²) in [6.07, 6.45) is -0.190. The van der Waals surface area contributed by atoms with E-state index in [-0.39, 0.29) is 11.4 Å². The first kappa shape index (κ1) is 11.8. The molecular formula is C8H5F3N4OS. The molecule has 0 amide bonds. The van der Waals surface area contributed by atoms with Crippen molar-refractivity contribution >= 4 is 11.8 Å². The lowest BCUT2D eigenvalue weighted by Gasteiger charge is -1.96. The third kappa shape index (κ3) is 2.54. The molecule has 2 aromatic rings. The van der Waals surface area contributed by atoms with Gasteiger partial charge in [0.1, 0.15) is 0 Å². The van der Waals surface area contributed by atoms with Crippen LogP contribution in [0.2, 0.25) is 0 Å². The summed E-state index contributed by atoms with van der Waals surface area (Å²) in [5, 5.41) is 3.72. The van der Waals surface area contributed by atoms with Gasteiger partial charge >= 0.3 is 12.1 Å². The molecule has 0 aliphatic rings. The number of hydrogen-bond donors (Lipinski definition) is 0. The average molecular weight is 262 g/mol. The maximum atomic E-state index is 12.2. The van der Waals surface area contributed by atoms with Gasteiger partial charge in [0.15, 0.2) is 5.16 Å². The van der Waals surface area contributed by atoms with E-state index in [4.69, 9.17) is 0 Å². The van der Waals surface area contributed by atoms with Gasteiger partial charge in [-0.2, -0.15) is 18.2 Å². The van der Waals surface area contributed by atoms with E-state index in [2.05, 4.69) is 24.6 Å². The van der Waals surface area contributed by atoms with E-state index in [1.165, 1.54) is 24.2 Å². The minimum atomic E-state index is -4.65. The summed E-state index contributed by atoms with van der Waals surface area (Å²) in [5.41, 5.74) is 0.266. The van der Waals surface area contributed by atoms with Gasteiger partial charge in [0.25, 0.3) is 0 Å². The Morgan fingerprint density at radius 3 is 2.35 bits per heavy atom. The van der Waals surface area contributed by atoms with Gasteiger partial charge in [-0.3, -0.25) is 0 Å². The molecule has 5 nitrogen and oxygen atoms in total. The van der Waals surface area contributed by atoms with E-state index in [9.17, 15) is 13.2 Å². The fourth-order valence-electron chi connectivity index (χ4n) is 0.993. The number of aromatic nitrogens is 4. The van der Waals surface area contributed by atoms with Crippen LogP contribution >= 0.6 is 11.8 Å². The molecule has 0 radical (unpaired) electrons. The number of hydrogen-bond acceptors (Lipinski definition) is 6. The fraction of sp³-hybridized carbons (Fsp3) is 0.250. The standard InChI is InChI=1S/C8H5F3N4OS/c1-17-7-12-2-4(3-13-7)5-14-6(16-15-5)8(9,10)11/h2-3H,1H3. The van der Waals surface area contributed by atoms with Crippen LogP contribution in [0.15, 0.2) is 22.1 Å². The summed E-state index contributed by atoms with van der Waals surface area (Å²) < 4.78 is 40.7. The molecule has 0 bridgehead atoms. The van der Waals surface area contributed by atoms with Crippen molar-refractivity contribution in [2.45, 2.75) is 11.3 Å². The van der Waals surface area contributed by atoms with Crippen molar-refractivity contribution in [1.82, 2.24) is 20.1 Å². The normalized spacial score (nSPS) is 11.8. The lowest BCUT2D eigenvalue weighted by molar-refractivity contribution is -0.159. The molecule has 2 rings (SSSR count). The number of halogens is 3. The molecule has 0 saturated carbocycles. The Balaban J connectivity index is 2.30. The molecule has 0 unspecified atom stereocenters. The summed E-state index contributed by atoms with van der Waals surface area (Å²) in [4.78, 5) is 11.0. The predicted octanol–water partition coefficient (Wildman–Crippen LogP) is 2.27. The highest BCUT2D eigenvalue weighted by molar-refractivity contribution is 7.98. The Bertz CT molecular complexity index is 510. The highest BCUT2D eigenvalue weighted by Gasteiger charge is 2.38. The van der Waals surface area contributed by atoms with Crippen molar-refractivity contribution in [3.05, 3.63) is 18.3 Å². The molecule has 17 heavy (non-hydrogen) atoms. The second-order valence-corrected chi connectivity index (χ2v) is 3.65. The Hall–Kier alpha value is -1.64. The summed E-state index contributed by atoms with van der Waals surface area (Å²) in [6, 6.07) is 0. The molecule has 2 aromatic heterocycles. The Morgan fingerprint density at radius 1 is 1.24 bits per heavy atom. The number of alkyl halides is 3. The Labute approximate surface area is 97.5 Å². The zero-order valence-electron chi connectivity index (χ0n) is 8.39. The van der Waals surface area contributed by atoms with E-state index in [0.717, 1.165) is 0 Å². The van der Waals surface area contributed by atoms with Crippen LogP contribution in [-0.4, -0.2) is 26.4 Å². The summed E-state index contributed by atoms with van der Waals surface area (Å²) in [6.45, 7) is 0. The quantitative estimate of drug-likeness (QED) is 0.611. The molecular weight excluding hydrogens is 257 g/mol. The molecule has 0 saturated heterocycles. The van der Waals surface area contributed by atoms with Gasteiger partial charge in [0.05, 0.1) is 5.56 Å². The van der Waals surface area contributed by atoms with Gasteiger partial charge in [-0.1, -0.05) is 16.9 Å². The molecule has 0 spiro atoms. The Kier molecular flexibility index (Phi) is 3.01. The zero-order valence-corrected chi connectivity index (χ0v) is 9.21. The van der Waals surface area contributed by atoms with Gasteiger partial charge < -0.3 is 4.52 Å². The predicted molar refractivity (Wildman–Crippen MR) is 52.1 cm³/mol. The van der Waals surface area contributed by atoms with Crippen LogP contribution in [0.1, 0.15) is 5.89 Å². The third-order valence-electron chi connectivity index (χ3n) is 1.74. The molecule has 9 heteroatoms. The average Bonchev–Trinajstić information content (AvgIpc) is 2.78. The molecule has 2 heterocycles. The van der Waals surface area contributed by atoms with E-state index in [1.807, 2.05) is 0 Å².